The maximum atomic E-state index is 5.51. The van der Waals surface area contributed by atoms with E-state index in [4.69, 9.17) is 9.72 Å². The number of nitrogens with zero attached hydrogens (tertiary/aromatic N) is 1. The van der Waals surface area contributed by atoms with E-state index in [0.717, 1.165) is 45.1 Å². The Morgan fingerprint density at radius 3 is 2.62 bits per heavy atom. The summed E-state index contributed by atoms with van der Waals surface area (Å²) in [5.74, 6) is 2.05. The van der Waals surface area contributed by atoms with Crippen molar-refractivity contribution in [3.8, 4) is 0 Å². The Balaban J connectivity index is 1.74. The molecule has 3 nitrogen and oxygen atoms in total. The quantitative estimate of drug-likeness (QED) is 0.868. The van der Waals surface area contributed by atoms with Gasteiger partial charge in [0.15, 0.2) is 0 Å². The van der Waals surface area contributed by atoms with Crippen LogP contribution in [0.1, 0.15) is 68.3 Å². The molecule has 0 atom stereocenters. The van der Waals surface area contributed by atoms with Gasteiger partial charge in [-0.2, -0.15) is 0 Å². The van der Waals surface area contributed by atoms with Crippen LogP contribution in [0.2, 0.25) is 0 Å². The number of rotatable bonds is 6. The molecule has 0 bridgehead atoms. The molecule has 3 heteroatoms. The molecule has 1 saturated carbocycles. The molecule has 2 fully saturated rings. The van der Waals surface area contributed by atoms with Crippen LogP contribution in [0, 0.1) is 5.92 Å². The molecule has 0 unspecified atom stereocenters. The SMILES string of the molecule is CC(C)c1ccc(C2CCOCC2)c(CNCC2CC2)n1. The second kappa shape index (κ2) is 6.89. The van der Waals surface area contributed by atoms with E-state index in [2.05, 4.69) is 31.3 Å². The third kappa shape index (κ3) is 4.04. The van der Waals surface area contributed by atoms with Crippen LogP contribution in [-0.2, 0) is 11.3 Å². The molecule has 0 amide bonds. The molecular weight excluding hydrogens is 260 g/mol. The number of hydrogen-bond donors (Lipinski definition) is 1. The highest BCUT2D eigenvalue weighted by molar-refractivity contribution is 5.28. The minimum absolute atomic E-state index is 0.496. The zero-order chi connectivity index (χ0) is 14.7. The maximum absolute atomic E-state index is 5.51. The number of nitrogens with one attached hydrogen (secondary N) is 1. The Labute approximate surface area is 128 Å². The number of pyridine rings is 1. The lowest BCUT2D eigenvalue weighted by Crippen LogP contribution is -2.21. The van der Waals surface area contributed by atoms with Gasteiger partial charge in [-0.3, -0.25) is 4.98 Å². The van der Waals surface area contributed by atoms with Crippen molar-refractivity contribution in [2.45, 2.75) is 57.9 Å². The summed E-state index contributed by atoms with van der Waals surface area (Å²) in [6.07, 6.45) is 5.08. The van der Waals surface area contributed by atoms with Crippen LogP contribution in [0.5, 0.6) is 0 Å². The molecular formula is C18H28N2O. The summed E-state index contributed by atoms with van der Waals surface area (Å²) in [6, 6.07) is 4.55. The molecule has 1 saturated heterocycles. The summed E-state index contributed by atoms with van der Waals surface area (Å²) in [6.45, 7) is 8.30. The van der Waals surface area contributed by atoms with Gasteiger partial charge < -0.3 is 10.1 Å². The van der Waals surface area contributed by atoms with Crippen molar-refractivity contribution in [1.82, 2.24) is 10.3 Å². The Morgan fingerprint density at radius 2 is 1.95 bits per heavy atom. The predicted molar refractivity (Wildman–Crippen MR) is 85.6 cm³/mol. The molecule has 21 heavy (non-hydrogen) atoms. The Hall–Kier alpha value is -0.930. The average molecular weight is 288 g/mol. The number of ether oxygens (including phenoxy) is 1. The van der Waals surface area contributed by atoms with E-state index in [0.29, 0.717) is 11.8 Å². The van der Waals surface area contributed by atoms with Crippen molar-refractivity contribution in [3.63, 3.8) is 0 Å². The zero-order valence-electron chi connectivity index (χ0n) is 13.4. The summed E-state index contributed by atoms with van der Waals surface area (Å²) < 4.78 is 5.51. The molecule has 1 aromatic heterocycles. The van der Waals surface area contributed by atoms with Crippen LogP contribution < -0.4 is 5.32 Å². The van der Waals surface area contributed by atoms with Crippen molar-refractivity contribution in [2.75, 3.05) is 19.8 Å². The number of aromatic nitrogens is 1. The van der Waals surface area contributed by atoms with E-state index in [1.807, 2.05) is 0 Å². The summed E-state index contributed by atoms with van der Waals surface area (Å²) in [5, 5.41) is 3.62. The van der Waals surface area contributed by atoms with Gasteiger partial charge in [0.2, 0.25) is 0 Å². The van der Waals surface area contributed by atoms with Crippen LogP contribution in [0.4, 0.5) is 0 Å². The van der Waals surface area contributed by atoms with E-state index >= 15 is 0 Å². The van der Waals surface area contributed by atoms with Crippen molar-refractivity contribution in [2.24, 2.45) is 5.92 Å². The van der Waals surface area contributed by atoms with Crippen molar-refractivity contribution in [3.05, 3.63) is 29.1 Å². The lowest BCUT2D eigenvalue weighted by atomic mass is 9.89. The zero-order valence-corrected chi connectivity index (χ0v) is 13.4. The highest BCUT2D eigenvalue weighted by atomic mass is 16.5. The van der Waals surface area contributed by atoms with Crippen molar-refractivity contribution < 1.29 is 4.74 Å². The van der Waals surface area contributed by atoms with E-state index in [1.165, 1.54) is 29.8 Å². The Bertz CT molecular complexity index is 462. The molecule has 1 aliphatic heterocycles. The molecule has 1 aromatic rings. The van der Waals surface area contributed by atoms with Gasteiger partial charge in [-0.05, 0) is 61.6 Å². The fourth-order valence-corrected chi connectivity index (χ4v) is 3.09. The highest BCUT2D eigenvalue weighted by Gasteiger charge is 2.22. The molecule has 2 aliphatic rings. The standard InChI is InChI=1S/C18H28N2O/c1-13(2)17-6-5-16(15-7-9-21-10-8-15)18(20-17)12-19-11-14-3-4-14/h5-6,13-15,19H,3-4,7-12H2,1-2H3. The first-order valence-electron chi connectivity index (χ1n) is 8.52. The minimum Gasteiger partial charge on any atom is -0.381 e. The van der Waals surface area contributed by atoms with E-state index in [-0.39, 0.29) is 0 Å². The first-order valence-corrected chi connectivity index (χ1v) is 8.52. The average Bonchev–Trinajstić information content (AvgIpc) is 3.32. The van der Waals surface area contributed by atoms with Gasteiger partial charge in [0.1, 0.15) is 0 Å². The third-order valence-corrected chi connectivity index (χ3v) is 4.71. The van der Waals surface area contributed by atoms with Crippen LogP contribution in [-0.4, -0.2) is 24.7 Å². The van der Waals surface area contributed by atoms with Gasteiger partial charge in [0.05, 0.1) is 5.69 Å². The number of hydrogen-bond acceptors (Lipinski definition) is 3. The Morgan fingerprint density at radius 1 is 1.19 bits per heavy atom. The van der Waals surface area contributed by atoms with Gasteiger partial charge in [-0.1, -0.05) is 19.9 Å². The molecule has 1 aliphatic carbocycles. The maximum Gasteiger partial charge on any atom is 0.0579 e. The van der Waals surface area contributed by atoms with Crippen LogP contribution in [0.3, 0.4) is 0 Å². The van der Waals surface area contributed by atoms with Crippen LogP contribution in [0.15, 0.2) is 12.1 Å². The molecule has 116 valence electrons. The Kier molecular flexibility index (Phi) is 4.91. The van der Waals surface area contributed by atoms with Crippen molar-refractivity contribution in [1.29, 1.82) is 0 Å². The molecule has 0 spiro atoms. The van der Waals surface area contributed by atoms with Crippen molar-refractivity contribution >= 4 is 0 Å². The lowest BCUT2D eigenvalue weighted by molar-refractivity contribution is 0.0850. The van der Waals surface area contributed by atoms with Crippen LogP contribution >= 0.6 is 0 Å². The smallest absolute Gasteiger partial charge is 0.0579 e. The lowest BCUT2D eigenvalue weighted by Gasteiger charge is -2.25. The first-order chi connectivity index (χ1) is 10.2. The predicted octanol–water partition coefficient (Wildman–Crippen LogP) is 3.60. The summed E-state index contributed by atoms with van der Waals surface area (Å²) in [4.78, 5) is 4.96. The highest BCUT2D eigenvalue weighted by Crippen LogP contribution is 2.31. The monoisotopic (exact) mass is 288 g/mol. The largest absolute Gasteiger partial charge is 0.381 e. The van der Waals surface area contributed by atoms with Crippen LogP contribution in [0.25, 0.3) is 0 Å². The minimum atomic E-state index is 0.496. The van der Waals surface area contributed by atoms with Gasteiger partial charge in [0, 0.05) is 25.5 Å². The summed E-state index contributed by atoms with van der Waals surface area (Å²) >= 11 is 0. The molecule has 1 N–H and O–H groups in total. The van der Waals surface area contributed by atoms with E-state index in [9.17, 15) is 0 Å². The fourth-order valence-electron chi connectivity index (χ4n) is 3.09. The summed E-state index contributed by atoms with van der Waals surface area (Å²) in [5.41, 5.74) is 3.94. The van der Waals surface area contributed by atoms with E-state index < -0.39 is 0 Å². The van der Waals surface area contributed by atoms with Gasteiger partial charge in [-0.15, -0.1) is 0 Å². The molecule has 2 heterocycles. The summed E-state index contributed by atoms with van der Waals surface area (Å²) in [7, 11) is 0. The second-order valence-corrected chi connectivity index (χ2v) is 6.89. The van der Waals surface area contributed by atoms with Gasteiger partial charge >= 0.3 is 0 Å². The first kappa shape index (κ1) is 15.0. The van der Waals surface area contributed by atoms with Gasteiger partial charge in [-0.25, -0.2) is 0 Å². The topological polar surface area (TPSA) is 34.1 Å². The molecule has 0 radical (unpaired) electrons. The molecule has 0 aromatic carbocycles. The normalized spacial score (nSPS) is 20.1. The molecule has 3 rings (SSSR count). The second-order valence-electron chi connectivity index (χ2n) is 6.89. The van der Waals surface area contributed by atoms with Gasteiger partial charge in [0.25, 0.3) is 0 Å². The third-order valence-electron chi connectivity index (χ3n) is 4.71. The van der Waals surface area contributed by atoms with E-state index in [1.54, 1.807) is 0 Å². The fraction of sp³-hybridized carbons (Fsp3) is 0.722.